The van der Waals surface area contributed by atoms with E-state index < -0.39 is 17.6 Å². The van der Waals surface area contributed by atoms with Gasteiger partial charge in [0.15, 0.2) is 17.3 Å². The van der Waals surface area contributed by atoms with Crippen LogP contribution in [0.2, 0.25) is 0 Å². The second-order valence-electron chi connectivity index (χ2n) is 8.73. The molecule has 0 unspecified atom stereocenters. The van der Waals surface area contributed by atoms with Crippen LogP contribution in [-0.2, 0) is 9.59 Å². The number of amides is 2. The Morgan fingerprint density at radius 3 is 2.23 bits per heavy atom. The lowest BCUT2D eigenvalue weighted by Crippen LogP contribution is -2.31. The Bertz CT molecular complexity index is 1720. The fourth-order valence-corrected chi connectivity index (χ4v) is 4.40. The highest BCUT2D eigenvalue weighted by Gasteiger charge is 2.24. The van der Waals surface area contributed by atoms with Crippen LogP contribution in [0.3, 0.4) is 0 Å². The Kier molecular flexibility index (Phi) is 7.54. The van der Waals surface area contributed by atoms with E-state index in [1.807, 2.05) is 48.7 Å². The van der Waals surface area contributed by atoms with Gasteiger partial charge in [-0.1, -0.05) is 60.7 Å². The lowest BCUT2D eigenvalue weighted by atomic mass is 10.0. The molecule has 8 nitrogen and oxygen atoms in total. The van der Waals surface area contributed by atoms with E-state index in [1.54, 1.807) is 48.1 Å². The third-order valence-electron chi connectivity index (χ3n) is 6.26. The Labute approximate surface area is 230 Å². The molecule has 9 heteroatoms. The summed E-state index contributed by atoms with van der Waals surface area (Å²) < 4.78 is 22.9. The minimum absolute atomic E-state index is 0.0337. The molecule has 5 rings (SSSR count). The fourth-order valence-electron chi connectivity index (χ4n) is 4.40. The number of anilines is 1. The fraction of sp³-hybridized carbons (Fsp3) is 0.0645. The van der Waals surface area contributed by atoms with E-state index in [2.05, 4.69) is 21.0 Å². The topological polar surface area (TPSA) is 96.8 Å². The summed E-state index contributed by atoms with van der Waals surface area (Å²) in [7, 11) is 3.05. The molecule has 0 aliphatic rings. The Hall–Kier alpha value is -5.44. The van der Waals surface area contributed by atoms with E-state index in [1.165, 1.54) is 19.2 Å². The van der Waals surface area contributed by atoms with Gasteiger partial charge >= 0.3 is 0 Å². The summed E-state index contributed by atoms with van der Waals surface area (Å²) in [6.07, 6.45) is 3.38. The van der Waals surface area contributed by atoms with E-state index in [9.17, 15) is 9.59 Å². The quantitative estimate of drug-likeness (QED) is 0.143. The normalized spacial score (nSPS) is 11.5. The standard InChI is InChI=1S/C31H26FN5O3/c1-33-28(21-11-7-4-8-12-21)27(30(38)34-2)31(39)36-22-13-14-25(24(32)19-22)40-26-15-17-35-37-18-16-23(29(26)37)20-9-5-3-6-10-20/h3-19,33H,1-2H3,(H,34,38)(H,36,39)/b28-27+. The van der Waals surface area contributed by atoms with Gasteiger partial charge in [-0.3, -0.25) is 9.59 Å². The van der Waals surface area contributed by atoms with Crippen LogP contribution >= 0.6 is 0 Å². The van der Waals surface area contributed by atoms with E-state index in [0.29, 0.717) is 22.5 Å². The molecule has 200 valence electrons. The van der Waals surface area contributed by atoms with Crippen LogP contribution in [0.4, 0.5) is 10.1 Å². The Morgan fingerprint density at radius 2 is 1.55 bits per heavy atom. The number of aromatic nitrogens is 2. The van der Waals surface area contributed by atoms with E-state index in [4.69, 9.17) is 4.74 Å². The molecule has 0 aliphatic heterocycles. The first-order valence-electron chi connectivity index (χ1n) is 12.5. The van der Waals surface area contributed by atoms with Crippen LogP contribution in [0, 0.1) is 5.82 Å². The average molecular weight is 536 g/mol. The lowest BCUT2D eigenvalue weighted by molar-refractivity contribution is -0.121. The summed E-state index contributed by atoms with van der Waals surface area (Å²) in [5.74, 6) is -1.59. The summed E-state index contributed by atoms with van der Waals surface area (Å²) in [6, 6.07) is 26.4. The number of hydrogen-bond acceptors (Lipinski definition) is 5. The molecule has 0 aliphatic carbocycles. The predicted molar refractivity (Wildman–Crippen MR) is 152 cm³/mol. The van der Waals surface area contributed by atoms with Crippen molar-refractivity contribution in [1.29, 1.82) is 0 Å². The maximum Gasteiger partial charge on any atom is 0.263 e. The van der Waals surface area contributed by atoms with Gasteiger partial charge in [-0.15, -0.1) is 0 Å². The molecule has 40 heavy (non-hydrogen) atoms. The van der Waals surface area contributed by atoms with Crippen LogP contribution in [0.5, 0.6) is 11.5 Å². The number of rotatable bonds is 8. The molecule has 3 N–H and O–H groups in total. The Balaban J connectivity index is 1.43. The highest BCUT2D eigenvalue weighted by Crippen LogP contribution is 2.35. The van der Waals surface area contributed by atoms with Crippen molar-refractivity contribution in [3.63, 3.8) is 0 Å². The van der Waals surface area contributed by atoms with Gasteiger partial charge in [-0.2, -0.15) is 5.10 Å². The molecule has 2 amide bonds. The van der Waals surface area contributed by atoms with Gasteiger partial charge in [0.25, 0.3) is 11.8 Å². The number of halogens is 1. The number of benzene rings is 3. The second-order valence-corrected chi connectivity index (χ2v) is 8.73. The van der Waals surface area contributed by atoms with Crippen molar-refractivity contribution in [2.45, 2.75) is 0 Å². The number of fused-ring (bicyclic) bond motifs is 1. The first kappa shape index (κ1) is 26.2. The van der Waals surface area contributed by atoms with Crippen molar-refractivity contribution in [3.8, 4) is 22.6 Å². The average Bonchev–Trinajstić information content (AvgIpc) is 3.43. The molecule has 0 fully saturated rings. The first-order valence-corrected chi connectivity index (χ1v) is 12.5. The third-order valence-corrected chi connectivity index (χ3v) is 6.26. The lowest BCUT2D eigenvalue weighted by Gasteiger charge is -2.15. The highest BCUT2D eigenvalue weighted by atomic mass is 19.1. The summed E-state index contributed by atoms with van der Waals surface area (Å²) >= 11 is 0. The molecule has 5 aromatic rings. The molecule has 0 saturated carbocycles. The number of nitrogens with one attached hydrogen (secondary N) is 3. The van der Waals surface area contributed by atoms with Crippen molar-refractivity contribution in [2.24, 2.45) is 0 Å². The molecule has 2 aromatic heterocycles. The monoisotopic (exact) mass is 535 g/mol. The largest absolute Gasteiger partial charge is 0.452 e. The van der Waals surface area contributed by atoms with Crippen LogP contribution < -0.4 is 20.7 Å². The van der Waals surface area contributed by atoms with Gasteiger partial charge in [0.05, 0.1) is 11.9 Å². The van der Waals surface area contributed by atoms with Crippen LogP contribution in [-0.4, -0.2) is 35.5 Å². The van der Waals surface area contributed by atoms with Crippen LogP contribution in [0.1, 0.15) is 5.56 Å². The van der Waals surface area contributed by atoms with Crippen LogP contribution in [0.15, 0.2) is 109 Å². The van der Waals surface area contributed by atoms with Crippen molar-refractivity contribution >= 4 is 28.7 Å². The molecular weight excluding hydrogens is 509 g/mol. The molecule has 0 saturated heterocycles. The number of likely N-dealkylation sites (N-methyl/N-ethyl adjacent to an activating group) is 1. The summed E-state index contributed by atoms with van der Waals surface area (Å²) in [5, 5.41) is 12.4. The first-order chi connectivity index (χ1) is 19.5. The van der Waals surface area contributed by atoms with Crippen molar-refractivity contribution in [2.75, 3.05) is 19.4 Å². The smallest absolute Gasteiger partial charge is 0.263 e. The third kappa shape index (κ3) is 5.25. The zero-order chi connectivity index (χ0) is 28.1. The predicted octanol–water partition coefficient (Wildman–Crippen LogP) is 5.25. The number of carbonyl (C=O) groups is 2. The van der Waals surface area contributed by atoms with Crippen molar-refractivity contribution < 1.29 is 18.7 Å². The molecular formula is C31H26FN5O3. The number of ether oxygens (including phenoxy) is 1. The molecule has 0 atom stereocenters. The van der Waals surface area contributed by atoms with E-state index >= 15 is 4.39 Å². The van der Waals surface area contributed by atoms with E-state index in [-0.39, 0.29) is 17.0 Å². The summed E-state index contributed by atoms with van der Waals surface area (Å²) in [6.45, 7) is 0. The summed E-state index contributed by atoms with van der Waals surface area (Å²) in [4.78, 5) is 25.9. The number of hydrogen-bond donors (Lipinski definition) is 3. The number of nitrogens with zero attached hydrogens (tertiary/aromatic N) is 2. The highest BCUT2D eigenvalue weighted by molar-refractivity contribution is 6.27. The minimum Gasteiger partial charge on any atom is -0.452 e. The second kappa shape index (κ2) is 11.5. The van der Waals surface area contributed by atoms with Gasteiger partial charge in [0.1, 0.15) is 11.1 Å². The van der Waals surface area contributed by atoms with Crippen molar-refractivity contribution in [1.82, 2.24) is 20.2 Å². The van der Waals surface area contributed by atoms with Gasteiger partial charge in [-0.05, 0) is 29.3 Å². The molecule has 3 aromatic carbocycles. The van der Waals surface area contributed by atoms with Crippen LogP contribution in [0.25, 0.3) is 22.3 Å². The number of carbonyl (C=O) groups excluding carboxylic acids is 2. The maximum atomic E-state index is 15.2. The zero-order valence-corrected chi connectivity index (χ0v) is 21.8. The molecule has 0 radical (unpaired) electrons. The molecule has 2 heterocycles. The maximum absolute atomic E-state index is 15.2. The van der Waals surface area contributed by atoms with Gasteiger partial charge in [0, 0.05) is 43.7 Å². The van der Waals surface area contributed by atoms with Gasteiger partial charge < -0.3 is 20.7 Å². The minimum atomic E-state index is -0.697. The zero-order valence-electron chi connectivity index (χ0n) is 21.8. The SMILES string of the molecule is CNC(=O)/C(C(=O)Nc1ccc(Oc2ccnn3ccc(-c4ccccc4)c23)c(F)c1)=C(\NC)c1ccccc1. The van der Waals surface area contributed by atoms with Gasteiger partial charge in [-0.25, -0.2) is 8.91 Å². The van der Waals surface area contributed by atoms with Crippen molar-refractivity contribution in [3.05, 3.63) is 120 Å². The summed E-state index contributed by atoms with van der Waals surface area (Å²) in [5.41, 5.74) is 3.55. The molecule has 0 bridgehead atoms. The van der Waals surface area contributed by atoms with Gasteiger partial charge in [0.2, 0.25) is 0 Å². The Morgan fingerprint density at radius 1 is 0.825 bits per heavy atom. The molecule has 0 spiro atoms. The van der Waals surface area contributed by atoms with E-state index in [0.717, 1.165) is 17.2 Å².